The number of aromatic nitrogens is 2. The number of nitrogens with one attached hydrogen (secondary N) is 1. The minimum atomic E-state index is -3.49. The van der Waals surface area contributed by atoms with Gasteiger partial charge in [0.2, 0.25) is 0 Å². The number of imidazole rings is 1. The van der Waals surface area contributed by atoms with Crippen LogP contribution in [-0.2, 0) is 16.6 Å². The predicted octanol–water partition coefficient (Wildman–Crippen LogP) is -0.880. The van der Waals surface area contributed by atoms with Gasteiger partial charge in [-0.2, -0.15) is 8.42 Å². The van der Waals surface area contributed by atoms with Gasteiger partial charge >= 0.3 is 10.2 Å². The van der Waals surface area contributed by atoms with Crippen LogP contribution in [-0.4, -0.2) is 36.1 Å². The number of aliphatic hydroxyl groups excluding tert-OH is 1. The normalized spacial score (nSPS) is 11.9. The van der Waals surface area contributed by atoms with Crippen molar-refractivity contribution in [3.63, 3.8) is 0 Å². The van der Waals surface area contributed by atoms with Gasteiger partial charge in [0.15, 0.2) is 0 Å². The molecule has 1 aromatic heterocycles. The summed E-state index contributed by atoms with van der Waals surface area (Å²) in [7, 11) is -2.15. The second-order valence-electron chi connectivity index (χ2n) is 2.68. The highest BCUT2D eigenvalue weighted by Gasteiger charge is 2.13. The maximum absolute atomic E-state index is 11.4. The van der Waals surface area contributed by atoms with E-state index in [2.05, 4.69) is 9.71 Å². The van der Waals surface area contributed by atoms with Crippen LogP contribution in [0, 0.1) is 0 Å². The third-order valence-corrected chi connectivity index (χ3v) is 3.12. The van der Waals surface area contributed by atoms with E-state index in [1.165, 1.54) is 19.4 Å². The van der Waals surface area contributed by atoms with E-state index < -0.39 is 10.2 Å². The molecule has 0 fully saturated rings. The Morgan fingerprint density at radius 1 is 1.64 bits per heavy atom. The van der Waals surface area contributed by atoms with Gasteiger partial charge in [-0.15, -0.1) is 0 Å². The van der Waals surface area contributed by atoms with E-state index in [0.29, 0.717) is 18.7 Å². The molecule has 0 aliphatic heterocycles. The van der Waals surface area contributed by atoms with Gasteiger partial charge < -0.3 is 5.11 Å². The van der Waals surface area contributed by atoms with Crippen molar-refractivity contribution in [2.24, 2.45) is 0 Å². The first-order valence-electron chi connectivity index (χ1n) is 4.19. The standard InChI is InChI=1S/C7H13N3O3S/c1-8-14(12,13)10-5-4-9-7(10)3-2-6-11/h4-5,8,11H,2-3,6H2,1H3. The van der Waals surface area contributed by atoms with Crippen LogP contribution in [0.2, 0.25) is 0 Å². The average molecular weight is 219 g/mol. The van der Waals surface area contributed by atoms with Gasteiger partial charge in [0, 0.05) is 32.5 Å². The molecule has 6 nitrogen and oxygen atoms in total. The Morgan fingerprint density at radius 2 is 2.36 bits per heavy atom. The molecule has 1 rings (SSSR count). The summed E-state index contributed by atoms with van der Waals surface area (Å²) in [5.74, 6) is 0.424. The molecule has 80 valence electrons. The van der Waals surface area contributed by atoms with Gasteiger partial charge in [0.05, 0.1) is 0 Å². The summed E-state index contributed by atoms with van der Waals surface area (Å²) in [6, 6.07) is 0. The first-order valence-corrected chi connectivity index (χ1v) is 5.63. The molecule has 14 heavy (non-hydrogen) atoms. The third-order valence-electron chi connectivity index (χ3n) is 1.76. The SMILES string of the molecule is CNS(=O)(=O)n1ccnc1CCCO. The molecule has 0 bridgehead atoms. The Kier molecular flexibility index (Phi) is 3.62. The molecule has 0 spiro atoms. The number of nitrogens with zero attached hydrogens (tertiary/aromatic N) is 2. The Morgan fingerprint density at radius 3 is 2.93 bits per heavy atom. The fourth-order valence-electron chi connectivity index (χ4n) is 1.05. The van der Waals surface area contributed by atoms with Gasteiger partial charge in [-0.1, -0.05) is 0 Å². The zero-order valence-electron chi connectivity index (χ0n) is 7.84. The Balaban J connectivity index is 2.93. The van der Waals surface area contributed by atoms with Crippen molar-refractivity contribution in [2.75, 3.05) is 13.7 Å². The fraction of sp³-hybridized carbons (Fsp3) is 0.571. The van der Waals surface area contributed by atoms with Gasteiger partial charge in [-0.25, -0.2) is 13.7 Å². The zero-order valence-corrected chi connectivity index (χ0v) is 8.66. The fourth-order valence-corrected chi connectivity index (χ4v) is 1.88. The summed E-state index contributed by atoms with van der Waals surface area (Å²) in [5, 5.41) is 8.61. The molecule has 0 unspecified atom stereocenters. The van der Waals surface area contributed by atoms with Crippen molar-refractivity contribution in [2.45, 2.75) is 12.8 Å². The highest BCUT2D eigenvalue weighted by Crippen LogP contribution is 2.03. The van der Waals surface area contributed by atoms with E-state index in [1.807, 2.05) is 0 Å². The van der Waals surface area contributed by atoms with Crippen molar-refractivity contribution in [3.8, 4) is 0 Å². The van der Waals surface area contributed by atoms with Crippen molar-refractivity contribution in [1.29, 1.82) is 0 Å². The Labute approximate surface area is 82.8 Å². The van der Waals surface area contributed by atoms with Gasteiger partial charge in [-0.05, 0) is 6.42 Å². The van der Waals surface area contributed by atoms with Crippen LogP contribution < -0.4 is 4.72 Å². The number of aliphatic hydroxyl groups is 1. The van der Waals surface area contributed by atoms with Crippen LogP contribution in [0.1, 0.15) is 12.2 Å². The average Bonchev–Trinajstić information content (AvgIpc) is 2.63. The maximum atomic E-state index is 11.4. The summed E-state index contributed by atoms with van der Waals surface area (Å²) in [5.41, 5.74) is 0. The lowest BCUT2D eigenvalue weighted by molar-refractivity contribution is 0.287. The summed E-state index contributed by atoms with van der Waals surface area (Å²) in [6.07, 6.45) is 3.72. The molecule has 0 aliphatic carbocycles. The van der Waals surface area contributed by atoms with Crippen LogP contribution in [0.4, 0.5) is 0 Å². The minimum Gasteiger partial charge on any atom is -0.396 e. The lowest BCUT2D eigenvalue weighted by atomic mass is 10.3. The quantitative estimate of drug-likeness (QED) is 0.673. The van der Waals surface area contributed by atoms with E-state index in [9.17, 15) is 8.42 Å². The van der Waals surface area contributed by atoms with Crippen molar-refractivity contribution >= 4 is 10.2 Å². The van der Waals surface area contributed by atoms with E-state index in [4.69, 9.17) is 5.11 Å². The molecule has 1 aromatic rings. The van der Waals surface area contributed by atoms with Crippen LogP contribution in [0.3, 0.4) is 0 Å². The molecule has 2 N–H and O–H groups in total. The second-order valence-corrected chi connectivity index (χ2v) is 4.43. The molecular weight excluding hydrogens is 206 g/mol. The van der Waals surface area contributed by atoms with E-state index in [-0.39, 0.29) is 6.61 Å². The number of hydrogen-bond acceptors (Lipinski definition) is 4. The van der Waals surface area contributed by atoms with E-state index >= 15 is 0 Å². The Hall–Kier alpha value is -0.920. The van der Waals surface area contributed by atoms with Gasteiger partial charge in [0.25, 0.3) is 0 Å². The summed E-state index contributed by atoms with van der Waals surface area (Å²) < 4.78 is 26.1. The highest BCUT2D eigenvalue weighted by molar-refractivity contribution is 7.87. The van der Waals surface area contributed by atoms with Gasteiger partial charge in [-0.3, -0.25) is 0 Å². The summed E-state index contributed by atoms with van der Waals surface area (Å²) in [6.45, 7) is 0.0203. The molecule has 0 saturated carbocycles. The highest BCUT2D eigenvalue weighted by atomic mass is 32.2. The Bertz CT molecular complexity index is 385. The monoisotopic (exact) mass is 219 g/mol. The third kappa shape index (κ3) is 2.31. The molecular formula is C7H13N3O3S. The molecule has 0 aliphatic rings. The van der Waals surface area contributed by atoms with E-state index in [0.717, 1.165) is 3.97 Å². The first kappa shape index (κ1) is 11.2. The van der Waals surface area contributed by atoms with Crippen molar-refractivity contribution < 1.29 is 13.5 Å². The number of rotatable bonds is 5. The van der Waals surface area contributed by atoms with Gasteiger partial charge in [0.1, 0.15) is 5.82 Å². The molecule has 1 heterocycles. The summed E-state index contributed by atoms with van der Waals surface area (Å²) in [4.78, 5) is 3.90. The molecule has 7 heteroatoms. The number of hydrogen-bond donors (Lipinski definition) is 2. The predicted molar refractivity (Wildman–Crippen MR) is 51.0 cm³/mol. The molecule has 0 radical (unpaired) electrons. The van der Waals surface area contributed by atoms with E-state index in [1.54, 1.807) is 0 Å². The lowest BCUT2D eigenvalue weighted by Crippen LogP contribution is -2.27. The zero-order chi connectivity index (χ0) is 10.6. The smallest absolute Gasteiger partial charge is 0.306 e. The maximum Gasteiger partial charge on any atom is 0.306 e. The van der Waals surface area contributed by atoms with Crippen LogP contribution in [0.25, 0.3) is 0 Å². The molecule has 0 aromatic carbocycles. The van der Waals surface area contributed by atoms with Crippen LogP contribution in [0.15, 0.2) is 12.4 Å². The van der Waals surface area contributed by atoms with Crippen LogP contribution >= 0.6 is 0 Å². The largest absolute Gasteiger partial charge is 0.396 e. The van der Waals surface area contributed by atoms with Crippen LogP contribution in [0.5, 0.6) is 0 Å². The molecule has 0 amide bonds. The minimum absolute atomic E-state index is 0.0203. The molecule has 0 saturated heterocycles. The van der Waals surface area contributed by atoms with Crippen molar-refractivity contribution in [1.82, 2.24) is 13.7 Å². The molecule has 0 atom stereocenters. The number of aryl methyl sites for hydroxylation is 1. The second kappa shape index (κ2) is 4.54. The van der Waals surface area contributed by atoms with Crippen molar-refractivity contribution in [3.05, 3.63) is 18.2 Å². The topological polar surface area (TPSA) is 84.2 Å². The first-order chi connectivity index (χ1) is 6.61. The lowest BCUT2D eigenvalue weighted by Gasteiger charge is -2.06. The summed E-state index contributed by atoms with van der Waals surface area (Å²) >= 11 is 0.